The van der Waals surface area contributed by atoms with Crippen LogP contribution in [0.25, 0.3) is 0 Å². The number of benzene rings is 2. The third kappa shape index (κ3) is 4.17. The maximum Gasteiger partial charge on any atom is 0.185 e. The van der Waals surface area contributed by atoms with Gasteiger partial charge in [-0.05, 0) is 35.4 Å². The second-order valence-corrected chi connectivity index (χ2v) is 9.87. The maximum absolute atomic E-state index is 11.7. The molecular formula is C20H17Cl4NO3S. The van der Waals surface area contributed by atoms with Gasteiger partial charge in [0.2, 0.25) is 0 Å². The Morgan fingerprint density at radius 2 is 1.45 bits per heavy atom. The van der Waals surface area contributed by atoms with Crippen molar-refractivity contribution in [2.45, 2.75) is 24.9 Å². The van der Waals surface area contributed by atoms with Gasteiger partial charge in [-0.1, -0.05) is 70.3 Å². The van der Waals surface area contributed by atoms with Gasteiger partial charge in [-0.15, -0.1) is 0 Å². The normalized spacial score (nSPS) is 26.7. The fourth-order valence-corrected chi connectivity index (χ4v) is 5.08. The van der Waals surface area contributed by atoms with Crippen LogP contribution in [0.2, 0.25) is 20.1 Å². The molecule has 1 unspecified atom stereocenters. The van der Waals surface area contributed by atoms with Crippen LogP contribution in [0.4, 0.5) is 0 Å². The number of nitrogens with zero attached hydrogens (tertiary/aromatic N) is 1. The van der Waals surface area contributed by atoms with Crippen LogP contribution in [0.1, 0.15) is 30.5 Å². The van der Waals surface area contributed by atoms with E-state index in [1.165, 1.54) is 11.8 Å². The number of rotatable bonds is 4. The van der Waals surface area contributed by atoms with Gasteiger partial charge in [0.25, 0.3) is 0 Å². The number of fused-ring (bicyclic) bond motifs is 1. The molecule has 2 aliphatic rings. The molecule has 0 radical (unpaired) electrons. The van der Waals surface area contributed by atoms with Crippen LogP contribution < -0.4 is 0 Å². The van der Waals surface area contributed by atoms with E-state index in [1.54, 1.807) is 31.2 Å². The van der Waals surface area contributed by atoms with Gasteiger partial charge in [0.05, 0.1) is 38.8 Å². The highest BCUT2D eigenvalue weighted by Gasteiger charge is 2.56. The zero-order valence-corrected chi connectivity index (χ0v) is 19.2. The minimum absolute atomic E-state index is 0.0512. The van der Waals surface area contributed by atoms with Gasteiger partial charge >= 0.3 is 0 Å². The van der Waals surface area contributed by atoms with Gasteiger partial charge in [0, 0.05) is 12.7 Å². The van der Waals surface area contributed by atoms with Crippen molar-refractivity contribution in [3.63, 3.8) is 0 Å². The number of hydrogen-bond acceptors (Lipinski definition) is 5. The largest absolute Gasteiger partial charge is 0.357 e. The molecule has 0 aromatic heterocycles. The Hall–Kier alpha value is -0.500. The van der Waals surface area contributed by atoms with E-state index in [4.69, 9.17) is 55.9 Å². The molecule has 2 aliphatic heterocycles. The molecule has 0 saturated carbocycles. The van der Waals surface area contributed by atoms with E-state index in [9.17, 15) is 4.79 Å². The molecule has 0 amide bonds. The lowest BCUT2D eigenvalue weighted by Gasteiger charge is -2.34. The third-order valence-corrected chi connectivity index (χ3v) is 7.64. The Morgan fingerprint density at radius 3 is 1.86 bits per heavy atom. The highest BCUT2D eigenvalue weighted by Crippen LogP contribution is 2.51. The summed E-state index contributed by atoms with van der Waals surface area (Å²) in [6, 6.07) is 10.9. The summed E-state index contributed by atoms with van der Waals surface area (Å²) in [6.45, 7) is 2.41. The predicted octanol–water partition coefficient (Wildman–Crippen LogP) is 6.38. The van der Waals surface area contributed by atoms with Crippen LogP contribution in [0.5, 0.6) is 0 Å². The van der Waals surface area contributed by atoms with E-state index in [1.807, 2.05) is 12.1 Å². The number of carbonyl (C=O) groups excluding carboxylic acids is 1. The minimum Gasteiger partial charge on any atom is -0.357 e. The number of ether oxygens (including phenoxy) is 2. The van der Waals surface area contributed by atoms with E-state index in [2.05, 4.69) is 4.90 Å². The molecule has 2 fully saturated rings. The molecular weight excluding hydrogens is 476 g/mol. The summed E-state index contributed by atoms with van der Waals surface area (Å²) in [5.41, 5.74) is 1.28. The fraction of sp³-hybridized carbons (Fsp3) is 0.350. The van der Waals surface area contributed by atoms with Crippen LogP contribution >= 0.6 is 58.2 Å². The quantitative estimate of drug-likeness (QED) is 0.495. The van der Waals surface area contributed by atoms with Gasteiger partial charge in [0.1, 0.15) is 12.5 Å². The van der Waals surface area contributed by atoms with Gasteiger partial charge in [0.15, 0.2) is 5.12 Å². The summed E-state index contributed by atoms with van der Waals surface area (Å²) in [5, 5.41) is 1.91. The number of thioether (sulfide) groups is 1. The van der Waals surface area contributed by atoms with Crippen LogP contribution in [0.15, 0.2) is 36.4 Å². The third-order valence-electron chi connectivity index (χ3n) is 5.07. The Balaban J connectivity index is 1.74. The lowest BCUT2D eigenvalue weighted by atomic mass is 10.0. The van der Waals surface area contributed by atoms with Gasteiger partial charge < -0.3 is 9.47 Å². The van der Waals surface area contributed by atoms with E-state index in [0.717, 1.165) is 11.1 Å². The number of hydrogen-bond donors (Lipinski definition) is 0. The van der Waals surface area contributed by atoms with E-state index in [-0.39, 0.29) is 5.12 Å². The highest BCUT2D eigenvalue weighted by molar-refractivity contribution is 8.13. The van der Waals surface area contributed by atoms with Crippen LogP contribution in [0, 0.1) is 0 Å². The van der Waals surface area contributed by atoms with Crippen molar-refractivity contribution in [1.29, 1.82) is 0 Å². The topological polar surface area (TPSA) is 38.8 Å². The first kappa shape index (κ1) is 21.7. The first-order chi connectivity index (χ1) is 13.8. The lowest BCUT2D eigenvalue weighted by molar-refractivity contribution is -0.109. The van der Waals surface area contributed by atoms with Gasteiger partial charge in [-0.2, -0.15) is 0 Å². The minimum atomic E-state index is -0.454. The molecule has 4 rings (SSSR count). The summed E-state index contributed by atoms with van der Waals surface area (Å²) in [4.78, 5) is 13.8. The Kier molecular flexibility index (Phi) is 6.41. The fourth-order valence-electron chi connectivity index (χ4n) is 3.68. The average molecular weight is 493 g/mol. The molecule has 2 aromatic rings. The van der Waals surface area contributed by atoms with Crippen molar-refractivity contribution in [2.24, 2.45) is 0 Å². The maximum atomic E-state index is 11.7. The summed E-state index contributed by atoms with van der Waals surface area (Å²) in [7, 11) is 0. The van der Waals surface area contributed by atoms with Crippen LogP contribution in [-0.2, 0) is 14.3 Å². The van der Waals surface area contributed by atoms with Crippen molar-refractivity contribution in [2.75, 3.05) is 19.0 Å². The van der Waals surface area contributed by atoms with Crippen LogP contribution in [-0.4, -0.2) is 34.5 Å². The molecule has 4 nitrogen and oxygen atoms in total. The van der Waals surface area contributed by atoms with E-state index < -0.39 is 18.0 Å². The van der Waals surface area contributed by atoms with Gasteiger partial charge in [-0.3, -0.25) is 4.79 Å². The zero-order valence-electron chi connectivity index (χ0n) is 15.3. The number of carbonyl (C=O) groups is 1. The first-order valence-electron chi connectivity index (χ1n) is 8.86. The molecule has 0 N–H and O–H groups in total. The predicted molar refractivity (Wildman–Crippen MR) is 118 cm³/mol. The standard InChI is InChI=1S/C20H17Cl4NO3S/c1-11(26)29-10-20-8-27-18(12-2-4-14(21)16(23)6-12)25(20)19(28-9-20)13-3-5-15(22)17(24)7-13/h2-7,18-19H,8-10H2,1H3/t18-,19+,20?. The lowest BCUT2D eigenvalue weighted by Crippen LogP contribution is -2.47. The Bertz CT molecular complexity index is 894. The van der Waals surface area contributed by atoms with Crippen molar-refractivity contribution >= 4 is 63.3 Å². The summed E-state index contributed by atoms with van der Waals surface area (Å²) in [6.07, 6.45) is -0.807. The highest BCUT2D eigenvalue weighted by atomic mass is 35.5. The molecule has 0 spiro atoms. The van der Waals surface area contributed by atoms with E-state index in [0.29, 0.717) is 39.1 Å². The molecule has 0 bridgehead atoms. The monoisotopic (exact) mass is 491 g/mol. The summed E-state index contributed by atoms with van der Waals surface area (Å²) in [5.74, 6) is 0.554. The van der Waals surface area contributed by atoms with Crippen molar-refractivity contribution in [3.05, 3.63) is 67.6 Å². The second kappa shape index (κ2) is 8.56. The zero-order chi connectivity index (χ0) is 20.8. The van der Waals surface area contributed by atoms with Crippen molar-refractivity contribution in [1.82, 2.24) is 4.90 Å². The Labute approximate surface area is 193 Å². The molecule has 2 heterocycles. The molecule has 29 heavy (non-hydrogen) atoms. The summed E-state index contributed by atoms with van der Waals surface area (Å²) >= 11 is 25.9. The average Bonchev–Trinajstić information content (AvgIpc) is 3.22. The molecule has 9 heteroatoms. The SMILES string of the molecule is CC(=O)SCC12CO[C@H](c3ccc(Cl)c(Cl)c3)N1[C@H](c1ccc(Cl)c(Cl)c1)OC2. The molecule has 3 atom stereocenters. The van der Waals surface area contributed by atoms with Crippen molar-refractivity contribution < 1.29 is 14.3 Å². The van der Waals surface area contributed by atoms with Gasteiger partial charge in [-0.25, -0.2) is 4.90 Å². The van der Waals surface area contributed by atoms with Crippen LogP contribution in [0.3, 0.4) is 0 Å². The Morgan fingerprint density at radius 1 is 0.966 bits per heavy atom. The molecule has 0 aliphatic carbocycles. The second-order valence-electron chi connectivity index (χ2n) is 7.09. The molecule has 2 saturated heterocycles. The van der Waals surface area contributed by atoms with E-state index >= 15 is 0 Å². The molecule has 2 aromatic carbocycles. The summed E-state index contributed by atoms with van der Waals surface area (Å²) < 4.78 is 12.4. The van der Waals surface area contributed by atoms with Crippen molar-refractivity contribution in [3.8, 4) is 0 Å². The molecule has 154 valence electrons. The smallest absolute Gasteiger partial charge is 0.185 e. The first-order valence-corrected chi connectivity index (χ1v) is 11.4. The number of halogens is 4.